The van der Waals surface area contributed by atoms with Crippen LogP contribution in [0.15, 0.2) is 18.2 Å². The maximum absolute atomic E-state index is 11.6. The second-order valence-corrected chi connectivity index (χ2v) is 3.92. The lowest BCUT2D eigenvalue weighted by Crippen LogP contribution is -2.00. The maximum atomic E-state index is 11.6. The molecular weight excluding hydrogens is 253 g/mol. The molecule has 4 nitrogen and oxygen atoms in total. The van der Waals surface area contributed by atoms with Crippen LogP contribution in [0.3, 0.4) is 0 Å². The first kappa shape index (κ1) is 12.9. The van der Waals surface area contributed by atoms with E-state index in [1.165, 1.54) is 18.2 Å². The Morgan fingerprint density at radius 3 is 2.69 bits per heavy atom. The molecule has 6 heteroatoms. The van der Waals surface area contributed by atoms with Crippen LogP contribution < -0.4 is 0 Å². The third-order valence-electron chi connectivity index (χ3n) is 2.00. The highest BCUT2D eigenvalue weighted by Crippen LogP contribution is 2.25. The highest BCUT2D eigenvalue weighted by molar-refractivity contribution is 6.32. The topological polar surface area (TPSA) is 60.2 Å². The molecule has 0 bridgehead atoms. The van der Waals surface area contributed by atoms with Gasteiger partial charge in [-0.3, -0.25) is 14.9 Å². The zero-order chi connectivity index (χ0) is 12.1. The summed E-state index contributed by atoms with van der Waals surface area (Å²) in [5.41, 5.74) is 0.0413. The predicted molar refractivity (Wildman–Crippen MR) is 62.4 cm³/mol. The molecule has 0 spiro atoms. The summed E-state index contributed by atoms with van der Waals surface area (Å²) in [4.78, 5) is 21.6. The van der Waals surface area contributed by atoms with Crippen LogP contribution in [0.2, 0.25) is 5.02 Å². The molecule has 0 aromatic heterocycles. The minimum atomic E-state index is -0.610. The Kier molecular flexibility index (Phi) is 4.71. The first-order chi connectivity index (χ1) is 7.56. The third kappa shape index (κ3) is 3.18. The average Bonchev–Trinajstić information content (AvgIpc) is 2.26. The number of ketones is 1. The fourth-order valence-corrected chi connectivity index (χ4v) is 1.52. The van der Waals surface area contributed by atoms with Gasteiger partial charge in [0.1, 0.15) is 5.02 Å². The van der Waals surface area contributed by atoms with E-state index in [4.69, 9.17) is 23.2 Å². The van der Waals surface area contributed by atoms with Gasteiger partial charge in [-0.2, -0.15) is 0 Å². The Bertz CT molecular complexity index is 421. The minimum absolute atomic E-state index is 0.0268. The Labute approximate surface area is 102 Å². The summed E-state index contributed by atoms with van der Waals surface area (Å²) in [6.45, 7) is 0. The molecule has 86 valence electrons. The van der Waals surface area contributed by atoms with E-state index in [1.807, 2.05) is 0 Å². The number of nitro benzene ring substituents is 1. The molecule has 16 heavy (non-hydrogen) atoms. The van der Waals surface area contributed by atoms with Crippen LogP contribution in [0.1, 0.15) is 23.2 Å². The Balaban J connectivity index is 2.94. The highest BCUT2D eigenvalue weighted by atomic mass is 35.5. The van der Waals surface area contributed by atoms with Gasteiger partial charge in [-0.05, 0) is 18.6 Å². The number of nitro groups is 1. The summed E-state index contributed by atoms with van der Waals surface area (Å²) in [6.07, 6.45) is 0.832. The lowest BCUT2D eigenvalue weighted by atomic mass is 10.1. The molecule has 0 unspecified atom stereocenters. The molecule has 1 aromatic rings. The summed E-state index contributed by atoms with van der Waals surface area (Å²) in [5.74, 6) is 0.224. The van der Waals surface area contributed by atoms with Gasteiger partial charge in [0, 0.05) is 23.9 Å². The first-order valence-corrected chi connectivity index (χ1v) is 5.50. The van der Waals surface area contributed by atoms with Gasteiger partial charge in [0.15, 0.2) is 5.78 Å². The SMILES string of the molecule is O=C(CCCCl)c1ccc(Cl)c([N+](=O)[O-])c1. The van der Waals surface area contributed by atoms with Gasteiger partial charge in [-0.1, -0.05) is 11.6 Å². The number of rotatable bonds is 5. The average molecular weight is 262 g/mol. The van der Waals surface area contributed by atoms with Crippen LogP contribution in [0.4, 0.5) is 5.69 Å². The van der Waals surface area contributed by atoms with Crippen LogP contribution >= 0.6 is 23.2 Å². The number of hydrogen-bond acceptors (Lipinski definition) is 3. The molecule has 0 heterocycles. The van der Waals surface area contributed by atoms with Crippen LogP contribution in [0, 0.1) is 10.1 Å². The fraction of sp³-hybridized carbons (Fsp3) is 0.300. The molecular formula is C10H9Cl2NO3. The van der Waals surface area contributed by atoms with Crippen molar-refractivity contribution in [3.8, 4) is 0 Å². The van der Waals surface area contributed by atoms with E-state index < -0.39 is 4.92 Å². The van der Waals surface area contributed by atoms with Crippen molar-refractivity contribution >= 4 is 34.7 Å². The summed E-state index contributed by atoms with van der Waals surface area (Å²) in [7, 11) is 0. The van der Waals surface area contributed by atoms with Gasteiger partial charge in [-0.25, -0.2) is 0 Å². The summed E-state index contributed by atoms with van der Waals surface area (Å²) < 4.78 is 0. The predicted octanol–water partition coefficient (Wildman–Crippen LogP) is 3.45. The quantitative estimate of drug-likeness (QED) is 0.353. The molecule has 0 aliphatic carbocycles. The lowest BCUT2D eigenvalue weighted by molar-refractivity contribution is -0.384. The number of hydrogen-bond donors (Lipinski definition) is 0. The van der Waals surface area contributed by atoms with Crippen molar-refractivity contribution in [3.05, 3.63) is 38.9 Å². The van der Waals surface area contributed by atoms with Gasteiger partial charge in [0.25, 0.3) is 5.69 Å². The van der Waals surface area contributed by atoms with Crippen molar-refractivity contribution in [1.29, 1.82) is 0 Å². The van der Waals surface area contributed by atoms with Gasteiger partial charge >= 0.3 is 0 Å². The number of alkyl halides is 1. The zero-order valence-electron chi connectivity index (χ0n) is 8.28. The van der Waals surface area contributed by atoms with Crippen molar-refractivity contribution in [2.24, 2.45) is 0 Å². The van der Waals surface area contributed by atoms with Crippen molar-refractivity contribution in [3.63, 3.8) is 0 Å². The number of carbonyl (C=O) groups excluding carboxylic acids is 1. The van der Waals surface area contributed by atoms with Crippen LogP contribution in [0.5, 0.6) is 0 Å². The number of carbonyl (C=O) groups is 1. The van der Waals surface area contributed by atoms with Crippen molar-refractivity contribution in [1.82, 2.24) is 0 Å². The zero-order valence-corrected chi connectivity index (χ0v) is 9.79. The van der Waals surface area contributed by atoms with E-state index in [0.717, 1.165) is 0 Å². The Morgan fingerprint density at radius 1 is 1.44 bits per heavy atom. The van der Waals surface area contributed by atoms with Gasteiger partial charge in [0.2, 0.25) is 0 Å². The van der Waals surface area contributed by atoms with E-state index in [9.17, 15) is 14.9 Å². The summed E-state index contributed by atoms with van der Waals surface area (Å²) >= 11 is 11.1. The third-order valence-corrected chi connectivity index (χ3v) is 2.59. The Hall–Kier alpha value is -1.13. The maximum Gasteiger partial charge on any atom is 0.288 e. The number of benzene rings is 1. The molecule has 0 radical (unpaired) electrons. The standard InChI is InChI=1S/C10H9Cl2NO3/c11-5-1-2-10(14)7-3-4-8(12)9(6-7)13(15)16/h3-4,6H,1-2,5H2. The number of halogens is 2. The molecule has 0 saturated carbocycles. The number of nitrogens with zero attached hydrogens (tertiary/aromatic N) is 1. The molecule has 0 fully saturated rings. The van der Waals surface area contributed by atoms with Gasteiger partial charge in [0.05, 0.1) is 4.92 Å². The van der Waals surface area contributed by atoms with Crippen molar-refractivity contribution < 1.29 is 9.72 Å². The van der Waals surface area contributed by atoms with Gasteiger partial charge < -0.3 is 0 Å². The smallest absolute Gasteiger partial charge is 0.288 e. The molecule has 0 saturated heterocycles. The molecule has 1 aromatic carbocycles. The van der Waals surface area contributed by atoms with E-state index in [2.05, 4.69) is 0 Å². The van der Waals surface area contributed by atoms with Gasteiger partial charge in [-0.15, -0.1) is 11.6 Å². The van der Waals surface area contributed by atoms with Crippen molar-refractivity contribution in [2.45, 2.75) is 12.8 Å². The van der Waals surface area contributed by atoms with Crippen molar-refractivity contribution in [2.75, 3.05) is 5.88 Å². The Morgan fingerprint density at radius 2 is 2.12 bits per heavy atom. The summed E-state index contributed by atoms with van der Waals surface area (Å²) in [6, 6.07) is 4.03. The number of Topliss-reactive ketones (excluding diaryl/α,β-unsaturated/α-hetero) is 1. The van der Waals surface area contributed by atoms with E-state index >= 15 is 0 Å². The molecule has 0 aliphatic rings. The second kappa shape index (κ2) is 5.82. The molecule has 1 rings (SSSR count). The molecule has 0 aliphatic heterocycles. The largest absolute Gasteiger partial charge is 0.294 e. The summed E-state index contributed by atoms with van der Waals surface area (Å²) in [5, 5.41) is 10.6. The van der Waals surface area contributed by atoms with Crippen LogP contribution in [0.25, 0.3) is 0 Å². The molecule has 0 N–H and O–H groups in total. The van der Waals surface area contributed by atoms with Crippen LogP contribution in [-0.4, -0.2) is 16.6 Å². The van der Waals surface area contributed by atoms with Crippen LogP contribution in [-0.2, 0) is 0 Å². The van der Waals surface area contributed by atoms with E-state index in [0.29, 0.717) is 17.9 Å². The monoisotopic (exact) mass is 261 g/mol. The molecule has 0 amide bonds. The van der Waals surface area contributed by atoms with E-state index in [-0.39, 0.29) is 22.9 Å². The molecule has 0 atom stereocenters. The normalized spacial score (nSPS) is 10.1. The second-order valence-electron chi connectivity index (χ2n) is 3.14. The minimum Gasteiger partial charge on any atom is -0.294 e. The fourth-order valence-electron chi connectivity index (χ4n) is 1.20. The first-order valence-electron chi connectivity index (χ1n) is 4.59. The highest BCUT2D eigenvalue weighted by Gasteiger charge is 2.15. The lowest BCUT2D eigenvalue weighted by Gasteiger charge is -2.00. The van der Waals surface area contributed by atoms with E-state index in [1.54, 1.807) is 0 Å².